The zero-order valence-corrected chi connectivity index (χ0v) is 9.73. The van der Waals surface area contributed by atoms with E-state index >= 15 is 0 Å². The predicted octanol–water partition coefficient (Wildman–Crippen LogP) is 2.37. The lowest BCUT2D eigenvalue weighted by Gasteiger charge is -2.01. The number of rotatable bonds is 2. The number of carboxylic acid groups (broad SMARTS) is 1. The average Bonchev–Trinajstić information content (AvgIpc) is 2.31. The average molecular weight is 269 g/mol. The largest absolute Gasteiger partial charge is 0.473 e. The van der Waals surface area contributed by atoms with E-state index in [1.807, 2.05) is 0 Å². The van der Waals surface area contributed by atoms with Gasteiger partial charge in [0.25, 0.3) is 0 Å². The van der Waals surface area contributed by atoms with Crippen LogP contribution in [-0.2, 0) is 0 Å². The summed E-state index contributed by atoms with van der Waals surface area (Å²) in [6, 6.07) is 7.98. The van der Waals surface area contributed by atoms with E-state index in [0.29, 0.717) is 15.3 Å². The second-order valence-electron chi connectivity index (χ2n) is 3.54. The van der Waals surface area contributed by atoms with Crippen LogP contribution in [0.25, 0.3) is 11.3 Å². The van der Waals surface area contributed by atoms with Gasteiger partial charge in [0.1, 0.15) is 0 Å². The molecule has 0 radical (unpaired) electrons. The van der Waals surface area contributed by atoms with Crippen molar-refractivity contribution < 1.29 is 24.2 Å². The molecule has 92 valence electrons. The summed E-state index contributed by atoms with van der Waals surface area (Å²) < 4.78 is 14.0. The van der Waals surface area contributed by atoms with Crippen molar-refractivity contribution in [2.75, 3.05) is 0 Å². The highest BCUT2D eigenvalue weighted by atomic mass is 35.5. The Morgan fingerprint density at radius 3 is 2.33 bits per heavy atom. The van der Waals surface area contributed by atoms with E-state index in [4.69, 9.17) is 16.7 Å². The summed E-state index contributed by atoms with van der Waals surface area (Å²) in [7, 11) is 0. The zero-order chi connectivity index (χ0) is 13.3. The monoisotopic (exact) mass is 268 g/mol. The smallest absolute Gasteiger partial charge is 0.406 e. The van der Waals surface area contributed by atoms with Crippen LogP contribution in [0.3, 0.4) is 0 Å². The molecule has 4 nitrogen and oxygen atoms in total. The van der Waals surface area contributed by atoms with E-state index in [9.17, 15) is 14.4 Å². The van der Waals surface area contributed by atoms with Crippen molar-refractivity contribution in [2.45, 2.75) is 0 Å². The van der Waals surface area contributed by atoms with Crippen LogP contribution < -0.4 is 4.73 Å². The fourth-order valence-corrected chi connectivity index (χ4v) is 1.68. The van der Waals surface area contributed by atoms with Gasteiger partial charge >= 0.3 is 17.4 Å². The Morgan fingerprint density at radius 2 is 1.78 bits per heavy atom. The van der Waals surface area contributed by atoms with E-state index in [2.05, 4.69) is 0 Å². The molecule has 1 aromatic carbocycles. The Morgan fingerprint density at radius 1 is 1.17 bits per heavy atom. The van der Waals surface area contributed by atoms with E-state index in [-0.39, 0.29) is 5.69 Å². The van der Waals surface area contributed by atoms with Gasteiger partial charge in [0.05, 0.1) is 5.56 Å². The second-order valence-corrected chi connectivity index (χ2v) is 3.98. The fraction of sp³-hybridized carbons (Fsp3) is 0. The molecule has 0 amide bonds. The summed E-state index contributed by atoms with van der Waals surface area (Å²) in [5.74, 6) is -2.09. The summed E-state index contributed by atoms with van der Waals surface area (Å²) in [5, 5.41) is 19.0. The number of hydrogen-bond donors (Lipinski definition) is 2. The van der Waals surface area contributed by atoms with Gasteiger partial charge in [-0.05, 0) is 30.3 Å². The molecule has 6 heteroatoms. The van der Waals surface area contributed by atoms with Gasteiger partial charge in [-0.15, -0.1) is 0 Å². The molecule has 0 atom stereocenters. The third-order valence-electron chi connectivity index (χ3n) is 2.39. The fourth-order valence-electron chi connectivity index (χ4n) is 1.55. The lowest BCUT2D eigenvalue weighted by atomic mass is 10.1. The van der Waals surface area contributed by atoms with Crippen LogP contribution in [0.5, 0.6) is 0 Å². The number of hydrogen-bond acceptors (Lipinski definition) is 2. The Hall–Kier alpha value is -2.14. The number of benzene rings is 1. The first-order valence-electron chi connectivity index (χ1n) is 4.93. The minimum absolute atomic E-state index is 0.230. The highest BCUT2D eigenvalue weighted by Gasteiger charge is 2.28. The van der Waals surface area contributed by atoms with Crippen LogP contribution in [0.4, 0.5) is 4.39 Å². The SMILES string of the molecule is O=C(O)c1ccc(F)c(-c2ccc(Cl)cc2)[n+]1O. The van der Waals surface area contributed by atoms with Gasteiger partial charge in [-0.3, -0.25) is 5.21 Å². The molecule has 0 aliphatic carbocycles. The molecule has 2 rings (SSSR count). The van der Waals surface area contributed by atoms with Crippen LogP contribution in [-0.4, -0.2) is 16.3 Å². The Bertz CT molecular complexity index is 613. The normalized spacial score (nSPS) is 10.3. The highest BCUT2D eigenvalue weighted by Crippen LogP contribution is 2.21. The topological polar surface area (TPSA) is 61.4 Å². The maximum atomic E-state index is 13.7. The molecule has 2 N–H and O–H groups in total. The lowest BCUT2D eigenvalue weighted by molar-refractivity contribution is -0.898. The molecule has 0 aliphatic heterocycles. The predicted molar refractivity (Wildman–Crippen MR) is 61.2 cm³/mol. The van der Waals surface area contributed by atoms with E-state index in [1.54, 1.807) is 0 Å². The Kier molecular flexibility index (Phi) is 3.16. The molecule has 0 saturated carbocycles. The van der Waals surface area contributed by atoms with Gasteiger partial charge in [0.2, 0.25) is 0 Å². The van der Waals surface area contributed by atoms with Crippen molar-refractivity contribution in [2.24, 2.45) is 0 Å². The second kappa shape index (κ2) is 4.62. The first-order chi connectivity index (χ1) is 8.50. The van der Waals surface area contributed by atoms with Gasteiger partial charge in [-0.25, -0.2) is 4.79 Å². The van der Waals surface area contributed by atoms with Gasteiger partial charge in [-0.2, -0.15) is 4.39 Å². The molecule has 0 spiro atoms. The third kappa shape index (κ3) is 2.12. The van der Waals surface area contributed by atoms with Gasteiger partial charge in [0, 0.05) is 15.8 Å². The summed E-state index contributed by atoms with van der Waals surface area (Å²) in [6.45, 7) is 0. The molecule has 0 saturated heterocycles. The maximum Gasteiger partial charge on any atom is 0.406 e. The minimum Gasteiger partial charge on any atom is -0.473 e. The van der Waals surface area contributed by atoms with E-state index < -0.39 is 17.5 Å². The number of nitrogens with zero attached hydrogens (tertiary/aromatic N) is 1. The van der Waals surface area contributed by atoms with Crippen molar-refractivity contribution in [3.63, 3.8) is 0 Å². The first-order valence-corrected chi connectivity index (χ1v) is 5.31. The standard InChI is InChI=1S/C12H7ClFNO3/c13-8-3-1-7(2-4-8)11-9(14)5-6-10(12(16)17)15(11)18/h1-6H,(H-,16,17,18)/p+1. The van der Waals surface area contributed by atoms with Gasteiger partial charge in [0.15, 0.2) is 5.82 Å². The summed E-state index contributed by atoms with van der Waals surface area (Å²) >= 11 is 5.70. The maximum absolute atomic E-state index is 13.7. The van der Waals surface area contributed by atoms with E-state index in [0.717, 1.165) is 12.1 Å². The molecule has 0 aliphatic rings. The van der Waals surface area contributed by atoms with Crippen LogP contribution in [0.2, 0.25) is 5.02 Å². The van der Waals surface area contributed by atoms with Crippen LogP contribution in [0.15, 0.2) is 36.4 Å². The number of aromatic nitrogens is 1. The Labute approximate surface area is 106 Å². The summed E-state index contributed by atoms with van der Waals surface area (Å²) in [5.41, 5.74) is -0.338. The molecule has 1 aromatic heterocycles. The van der Waals surface area contributed by atoms with Crippen LogP contribution in [0.1, 0.15) is 10.5 Å². The molecule has 2 aromatic rings. The van der Waals surface area contributed by atoms with Crippen molar-refractivity contribution in [1.29, 1.82) is 0 Å². The van der Waals surface area contributed by atoms with Gasteiger partial charge in [-0.1, -0.05) is 11.6 Å². The molecule has 0 unspecified atom stereocenters. The molecule has 1 heterocycles. The molecule has 18 heavy (non-hydrogen) atoms. The quantitative estimate of drug-likeness (QED) is 0.649. The van der Waals surface area contributed by atoms with Crippen molar-refractivity contribution in [1.82, 2.24) is 0 Å². The molecule has 0 fully saturated rings. The number of halogens is 2. The van der Waals surface area contributed by atoms with Crippen molar-refractivity contribution >= 4 is 17.6 Å². The number of carbonyl (C=O) groups is 1. The molecule has 0 bridgehead atoms. The van der Waals surface area contributed by atoms with Crippen LogP contribution >= 0.6 is 11.6 Å². The molecular weight excluding hydrogens is 261 g/mol. The first kappa shape index (κ1) is 12.3. The summed E-state index contributed by atoms with van der Waals surface area (Å²) in [4.78, 5) is 10.8. The molecular formula is C12H8ClFNO3+. The zero-order valence-electron chi connectivity index (χ0n) is 8.97. The highest BCUT2D eigenvalue weighted by molar-refractivity contribution is 6.30. The van der Waals surface area contributed by atoms with Crippen LogP contribution in [0, 0.1) is 5.82 Å². The summed E-state index contributed by atoms with van der Waals surface area (Å²) in [6.07, 6.45) is 0. The number of carboxylic acids is 1. The van der Waals surface area contributed by atoms with Gasteiger partial charge < -0.3 is 5.11 Å². The van der Waals surface area contributed by atoms with Crippen molar-refractivity contribution in [3.05, 3.63) is 52.9 Å². The number of pyridine rings is 1. The number of aromatic carboxylic acids is 1. The minimum atomic E-state index is -1.35. The van der Waals surface area contributed by atoms with E-state index in [1.165, 1.54) is 24.3 Å². The van der Waals surface area contributed by atoms with Crippen molar-refractivity contribution in [3.8, 4) is 11.3 Å². The lowest BCUT2D eigenvalue weighted by Crippen LogP contribution is -2.40. The third-order valence-corrected chi connectivity index (χ3v) is 2.64. The Balaban J connectivity index is 2.66.